The van der Waals surface area contributed by atoms with Crippen molar-refractivity contribution in [2.75, 3.05) is 18.4 Å². The van der Waals surface area contributed by atoms with Gasteiger partial charge in [0.2, 0.25) is 0 Å². The van der Waals surface area contributed by atoms with E-state index < -0.39 is 5.60 Å². The van der Waals surface area contributed by atoms with Gasteiger partial charge in [0.05, 0.1) is 5.54 Å². The van der Waals surface area contributed by atoms with Crippen LogP contribution < -0.4 is 5.32 Å². The molecule has 1 spiro atoms. The lowest BCUT2D eigenvalue weighted by Crippen LogP contribution is -2.64. The summed E-state index contributed by atoms with van der Waals surface area (Å²) in [7, 11) is 0. The Balaban J connectivity index is 1.57. The average Bonchev–Trinajstić information content (AvgIpc) is 3.05. The number of benzene rings is 2. The standard InChI is InChI=1S/C23H26N2O2/c1-21(2,3)27-20(26)25-14-17-13-23(16-9-5-4-6-10-16)22(17,15-25)18-11-7-8-12-19(18)24-23/h4-12,17,24H,13-15H2,1-3H3/t17-,22+,23-/m1/s1. The summed E-state index contributed by atoms with van der Waals surface area (Å²) >= 11 is 0. The summed E-state index contributed by atoms with van der Waals surface area (Å²) in [5, 5.41) is 3.85. The first kappa shape index (κ1) is 16.7. The normalized spacial score (nSPS) is 30.6. The molecule has 1 saturated carbocycles. The highest BCUT2D eigenvalue weighted by Gasteiger charge is 2.74. The maximum absolute atomic E-state index is 12.8. The minimum absolute atomic E-state index is 0.0815. The minimum atomic E-state index is -0.473. The molecule has 2 heterocycles. The van der Waals surface area contributed by atoms with Gasteiger partial charge in [-0.25, -0.2) is 4.79 Å². The Labute approximate surface area is 160 Å². The van der Waals surface area contributed by atoms with Gasteiger partial charge in [0.15, 0.2) is 0 Å². The van der Waals surface area contributed by atoms with Gasteiger partial charge in [-0.05, 0) is 50.3 Å². The molecule has 2 fully saturated rings. The van der Waals surface area contributed by atoms with Crippen molar-refractivity contribution in [2.24, 2.45) is 5.92 Å². The molecule has 2 aromatic carbocycles. The van der Waals surface area contributed by atoms with Crippen molar-refractivity contribution in [1.29, 1.82) is 0 Å². The summed E-state index contributed by atoms with van der Waals surface area (Å²) in [5.41, 5.74) is 3.16. The number of rotatable bonds is 1. The molecule has 3 aliphatic rings. The highest BCUT2D eigenvalue weighted by molar-refractivity contribution is 5.74. The quantitative estimate of drug-likeness (QED) is 0.811. The van der Waals surface area contributed by atoms with Gasteiger partial charge in [-0.2, -0.15) is 0 Å². The number of carbonyl (C=O) groups is 1. The number of para-hydroxylation sites is 1. The number of likely N-dealkylation sites (tertiary alicyclic amines) is 1. The molecule has 0 unspecified atom stereocenters. The topological polar surface area (TPSA) is 41.6 Å². The molecular weight excluding hydrogens is 336 g/mol. The van der Waals surface area contributed by atoms with E-state index in [9.17, 15) is 4.79 Å². The zero-order valence-corrected chi connectivity index (χ0v) is 16.2. The summed E-state index contributed by atoms with van der Waals surface area (Å²) in [4.78, 5) is 14.7. The molecule has 140 valence electrons. The Morgan fingerprint density at radius 1 is 1.11 bits per heavy atom. The molecule has 5 rings (SSSR count). The zero-order valence-electron chi connectivity index (χ0n) is 16.2. The van der Waals surface area contributed by atoms with Crippen LogP contribution in [0.1, 0.15) is 38.3 Å². The van der Waals surface area contributed by atoms with Gasteiger partial charge in [0.1, 0.15) is 5.60 Å². The molecule has 0 aromatic heterocycles. The van der Waals surface area contributed by atoms with Crippen molar-refractivity contribution in [1.82, 2.24) is 4.90 Å². The summed E-state index contributed by atoms with van der Waals surface area (Å²) in [6.45, 7) is 7.24. The average molecular weight is 362 g/mol. The number of hydrogen-bond donors (Lipinski definition) is 1. The summed E-state index contributed by atoms with van der Waals surface area (Å²) < 4.78 is 5.68. The summed E-state index contributed by atoms with van der Waals surface area (Å²) in [5.74, 6) is 0.446. The van der Waals surface area contributed by atoms with Gasteiger partial charge >= 0.3 is 6.09 Å². The number of fused-ring (bicyclic) bond motifs is 1. The van der Waals surface area contributed by atoms with Crippen LogP contribution in [0.4, 0.5) is 10.5 Å². The van der Waals surface area contributed by atoms with Crippen LogP contribution in [-0.4, -0.2) is 29.7 Å². The van der Waals surface area contributed by atoms with Crippen molar-refractivity contribution in [3.8, 4) is 0 Å². The summed E-state index contributed by atoms with van der Waals surface area (Å²) in [6, 6.07) is 19.3. The third-order valence-corrected chi connectivity index (χ3v) is 6.57. The molecule has 0 bridgehead atoms. The van der Waals surface area contributed by atoms with Gasteiger partial charge in [0, 0.05) is 24.2 Å². The lowest BCUT2D eigenvalue weighted by atomic mass is 9.47. The lowest BCUT2D eigenvalue weighted by molar-refractivity contribution is 0.0278. The monoisotopic (exact) mass is 362 g/mol. The Morgan fingerprint density at radius 3 is 2.56 bits per heavy atom. The highest BCUT2D eigenvalue weighted by atomic mass is 16.6. The Bertz CT molecular complexity index is 904. The number of carbonyl (C=O) groups excluding carboxylic acids is 1. The molecule has 1 N–H and O–H groups in total. The Morgan fingerprint density at radius 2 is 1.81 bits per heavy atom. The minimum Gasteiger partial charge on any atom is -0.444 e. The highest BCUT2D eigenvalue weighted by Crippen LogP contribution is 2.70. The number of hydrogen-bond acceptors (Lipinski definition) is 3. The van der Waals surface area contributed by atoms with Gasteiger partial charge in [0.25, 0.3) is 0 Å². The fourth-order valence-electron chi connectivity index (χ4n) is 5.60. The largest absolute Gasteiger partial charge is 0.444 e. The first-order chi connectivity index (χ1) is 12.9. The van der Waals surface area contributed by atoms with Crippen molar-refractivity contribution in [3.63, 3.8) is 0 Å². The second-order valence-corrected chi connectivity index (χ2v) is 9.18. The third kappa shape index (κ3) is 2.13. The predicted octanol–water partition coefficient (Wildman–Crippen LogP) is 4.52. The van der Waals surface area contributed by atoms with Crippen molar-refractivity contribution in [3.05, 3.63) is 65.7 Å². The molecule has 2 aromatic rings. The molecule has 1 aliphatic carbocycles. The maximum Gasteiger partial charge on any atom is 0.410 e. The van der Waals surface area contributed by atoms with Crippen LogP contribution in [0.25, 0.3) is 0 Å². The number of anilines is 1. The van der Waals surface area contributed by atoms with E-state index in [2.05, 4.69) is 59.9 Å². The molecule has 4 nitrogen and oxygen atoms in total. The van der Waals surface area contributed by atoms with E-state index in [1.165, 1.54) is 16.8 Å². The van der Waals surface area contributed by atoms with Gasteiger partial charge in [-0.1, -0.05) is 48.5 Å². The first-order valence-corrected chi connectivity index (χ1v) is 9.77. The fraction of sp³-hybridized carbons (Fsp3) is 0.435. The van der Waals surface area contributed by atoms with Crippen molar-refractivity contribution < 1.29 is 9.53 Å². The predicted molar refractivity (Wildman–Crippen MR) is 106 cm³/mol. The summed E-state index contributed by atoms with van der Waals surface area (Å²) in [6.07, 6.45) is 0.836. The van der Waals surface area contributed by atoms with Crippen LogP contribution >= 0.6 is 0 Å². The van der Waals surface area contributed by atoms with Crippen molar-refractivity contribution >= 4 is 11.8 Å². The van der Waals surface area contributed by atoms with E-state index in [0.717, 1.165) is 13.0 Å². The van der Waals surface area contributed by atoms with Crippen LogP contribution in [0.2, 0.25) is 0 Å². The molecule has 1 amide bonds. The zero-order chi connectivity index (χ0) is 18.9. The van der Waals surface area contributed by atoms with E-state index in [1.807, 2.05) is 25.7 Å². The second-order valence-electron chi connectivity index (χ2n) is 9.18. The molecule has 2 aliphatic heterocycles. The third-order valence-electron chi connectivity index (χ3n) is 6.57. The molecular formula is C23H26N2O2. The first-order valence-electron chi connectivity index (χ1n) is 9.77. The molecule has 1 saturated heterocycles. The van der Waals surface area contributed by atoms with Gasteiger partial charge in [-0.3, -0.25) is 0 Å². The molecule has 0 radical (unpaired) electrons. The van der Waals surface area contributed by atoms with E-state index in [4.69, 9.17) is 4.74 Å². The number of amides is 1. The molecule has 27 heavy (non-hydrogen) atoms. The maximum atomic E-state index is 12.8. The lowest BCUT2D eigenvalue weighted by Gasteiger charge is -2.58. The smallest absolute Gasteiger partial charge is 0.410 e. The van der Waals surface area contributed by atoms with Crippen LogP contribution in [0.5, 0.6) is 0 Å². The van der Waals surface area contributed by atoms with Gasteiger partial charge in [-0.15, -0.1) is 0 Å². The van der Waals surface area contributed by atoms with Crippen LogP contribution in [-0.2, 0) is 15.7 Å². The van der Waals surface area contributed by atoms with E-state index in [0.29, 0.717) is 12.5 Å². The van der Waals surface area contributed by atoms with Crippen LogP contribution in [0, 0.1) is 5.92 Å². The second kappa shape index (κ2) is 5.28. The number of nitrogens with one attached hydrogen (secondary N) is 1. The SMILES string of the molecule is CC(C)(C)OC(=O)N1C[C@H]2C[C@]3(c4ccccc4)Nc4ccccc4[C@]23C1. The molecule has 4 heteroatoms. The van der Waals surface area contributed by atoms with Crippen LogP contribution in [0.3, 0.4) is 0 Å². The molecule has 3 atom stereocenters. The Hall–Kier alpha value is -2.49. The van der Waals surface area contributed by atoms with E-state index in [-0.39, 0.29) is 17.0 Å². The van der Waals surface area contributed by atoms with E-state index in [1.54, 1.807) is 0 Å². The van der Waals surface area contributed by atoms with Gasteiger partial charge < -0.3 is 15.0 Å². The number of ether oxygens (including phenoxy) is 1. The fourth-order valence-corrected chi connectivity index (χ4v) is 5.60. The Kier molecular flexibility index (Phi) is 3.26. The van der Waals surface area contributed by atoms with E-state index >= 15 is 0 Å². The van der Waals surface area contributed by atoms with Crippen molar-refractivity contribution in [2.45, 2.75) is 43.7 Å². The van der Waals surface area contributed by atoms with Crippen LogP contribution in [0.15, 0.2) is 54.6 Å². The number of nitrogens with zero attached hydrogens (tertiary/aromatic N) is 1.